The van der Waals surface area contributed by atoms with Crippen molar-refractivity contribution in [2.75, 3.05) is 11.7 Å². The third-order valence-electron chi connectivity index (χ3n) is 6.48. The highest BCUT2D eigenvalue weighted by Crippen LogP contribution is 2.35. The van der Waals surface area contributed by atoms with Crippen LogP contribution in [0.3, 0.4) is 0 Å². The highest BCUT2D eigenvalue weighted by atomic mass is 32.2. The molecule has 1 fully saturated rings. The fourth-order valence-electron chi connectivity index (χ4n) is 4.44. The average molecular weight is 525 g/mol. The van der Waals surface area contributed by atoms with Gasteiger partial charge in [-0.05, 0) is 65.6 Å². The van der Waals surface area contributed by atoms with Crippen LogP contribution in [-0.4, -0.2) is 37.4 Å². The van der Waals surface area contributed by atoms with Gasteiger partial charge in [-0.2, -0.15) is 4.31 Å². The average Bonchev–Trinajstić information content (AvgIpc) is 3.46. The van der Waals surface area contributed by atoms with Crippen molar-refractivity contribution in [3.05, 3.63) is 83.7 Å². The Kier molecular flexibility index (Phi) is 6.47. The topological polar surface area (TPSA) is 93.2 Å². The summed E-state index contributed by atoms with van der Waals surface area (Å²) < 4.78 is 52.8. The monoisotopic (exact) mass is 524 g/mol. The maximum atomic E-state index is 13.7. The molecule has 1 unspecified atom stereocenters. The molecule has 1 atom stereocenters. The molecule has 5 rings (SSSR count). The molecule has 0 bridgehead atoms. The van der Waals surface area contributed by atoms with Crippen molar-refractivity contribution in [1.29, 1.82) is 0 Å². The second-order valence-electron chi connectivity index (χ2n) is 9.23. The van der Waals surface area contributed by atoms with Crippen LogP contribution in [0.15, 0.2) is 71.6 Å². The summed E-state index contributed by atoms with van der Waals surface area (Å²) in [6.07, 6.45) is -0.324. The van der Waals surface area contributed by atoms with E-state index in [0.717, 1.165) is 39.0 Å². The second-order valence-corrected chi connectivity index (χ2v) is 11.1. The van der Waals surface area contributed by atoms with Gasteiger partial charge in [0.2, 0.25) is 22.7 Å². The van der Waals surface area contributed by atoms with E-state index in [0.29, 0.717) is 22.7 Å². The summed E-state index contributed by atoms with van der Waals surface area (Å²) in [4.78, 5) is 27.5. The highest BCUT2D eigenvalue weighted by Gasteiger charge is 2.47. The van der Waals surface area contributed by atoms with E-state index in [2.05, 4.69) is 0 Å². The quantitative estimate of drug-likeness (QED) is 0.430. The van der Waals surface area contributed by atoms with E-state index in [4.69, 9.17) is 9.47 Å². The van der Waals surface area contributed by atoms with Crippen molar-refractivity contribution >= 4 is 27.5 Å². The Balaban J connectivity index is 1.52. The number of amides is 2. The molecule has 0 spiro atoms. The van der Waals surface area contributed by atoms with Gasteiger partial charge in [-0.3, -0.25) is 9.59 Å². The predicted molar refractivity (Wildman–Crippen MR) is 133 cm³/mol. The number of sulfonamides is 1. The lowest BCUT2D eigenvalue weighted by molar-refractivity contribution is -0.122. The number of rotatable bonds is 7. The maximum Gasteiger partial charge on any atom is 0.252 e. The molecular formula is C27H25FN2O6S. The summed E-state index contributed by atoms with van der Waals surface area (Å²) in [6, 6.07) is 15.1. The molecule has 10 heteroatoms. The number of carbonyl (C=O) groups excluding carboxylic acids is 2. The van der Waals surface area contributed by atoms with Gasteiger partial charge in [0.05, 0.1) is 17.0 Å². The standard InChI is InChI=1S/C27H25FN2O6S/c1-17(2)19-4-8-21(9-5-19)30-26(31)14-23(27(30)32)29(37(33,34)22-10-6-20(28)7-11-22)15-18-3-12-24-25(13-18)36-16-35-24/h3-13,17,23H,14-16H2,1-2H3. The summed E-state index contributed by atoms with van der Waals surface area (Å²) >= 11 is 0. The zero-order valence-corrected chi connectivity index (χ0v) is 21.1. The number of hydrogen-bond acceptors (Lipinski definition) is 6. The number of anilines is 1. The van der Waals surface area contributed by atoms with Gasteiger partial charge < -0.3 is 9.47 Å². The van der Waals surface area contributed by atoms with E-state index in [1.165, 1.54) is 0 Å². The van der Waals surface area contributed by atoms with Gasteiger partial charge in [-0.25, -0.2) is 17.7 Å². The van der Waals surface area contributed by atoms with E-state index in [9.17, 15) is 22.4 Å². The Hall–Kier alpha value is -3.76. The lowest BCUT2D eigenvalue weighted by atomic mass is 10.0. The molecule has 0 saturated carbocycles. The lowest BCUT2D eigenvalue weighted by Crippen LogP contribution is -2.45. The Labute approximate surface area is 214 Å². The molecule has 8 nitrogen and oxygen atoms in total. The number of imide groups is 1. The van der Waals surface area contributed by atoms with E-state index in [1.807, 2.05) is 26.0 Å². The molecule has 2 aliphatic heterocycles. The summed E-state index contributed by atoms with van der Waals surface area (Å²) in [6.45, 7) is 3.91. The van der Waals surface area contributed by atoms with Crippen LogP contribution in [0.1, 0.15) is 37.3 Å². The van der Waals surface area contributed by atoms with Crippen molar-refractivity contribution in [2.24, 2.45) is 0 Å². The molecule has 0 aliphatic carbocycles. The smallest absolute Gasteiger partial charge is 0.252 e. The Morgan fingerprint density at radius 2 is 1.65 bits per heavy atom. The van der Waals surface area contributed by atoms with E-state index in [-0.39, 0.29) is 30.6 Å². The predicted octanol–water partition coefficient (Wildman–Crippen LogP) is 4.20. The van der Waals surface area contributed by atoms with Gasteiger partial charge >= 0.3 is 0 Å². The first-order valence-corrected chi connectivity index (χ1v) is 13.2. The lowest BCUT2D eigenvalue weighted by Gasteiger charge is -2.27. The molecule has 0 N–H and O–H groups in total. The number of nitrogens with zero attached hydrogens (tertiary/aromatic N) is 2. The maximum absolute atomic E-state index is 13.7. The fraction of sp³-hybridized carbons (Fsp3) is 0.259. The number of halogens is 1. The van der Waals surface area contributed by atoms with Gasteiger partial charge in [0.25, 0.3) is 5.91 Å². The van der Waals surface area contributed by atoms with Crippen LogP contribution in [-0.2, 0) is 26.2 Å². The van der Waals surface area contributed by atoms with Crippen LogP contribution < -0.4 is 14.4 Å². The molecular weight excluding hydrogens is 499 g/mol. The fourth-order valence-corrected chi connectivity index (χ4v) is 6.01. The largest absolute Gasteiger partial charge is 0.454 e. The molecule has 2 aliphatic rings. The zero-order chi connectivity index (χ0) is 26.3. The van der Waals surface area contributed by atoms with Crippen LogP contribution in [0.4, 0.5) is 10.1 Å². The van der Waals surface area contributed by atoms with Gasteiger partial charge in [0, 0.05) is 6.54 Å². The summed E-state index contributed by atoms with van der Waals surface area (Å²) in [5.74, 6) is -0.489. The molecule has 1 saturated heterocycles. The van der Waals surface area contributed by atoms with Gasteiger partial charge in [-0.1, -0.05) is 32.0 Å². The first-order chi connectivity index (χ1) is 17.6. The third kappa shape index (κ3) is 4.70. The van der Waals surface area contributed by atoms with Crippen LogP contribution in [0.2, 0.25) is 0 Å². The SMILES string of the molecule is CC(C)c1ccc(N2C(=O)CC(N(Cc3ccc4c(c3)OCO4)S(=O)(=O)c3ccc(F)cc3)C2=O)cc1. The Bertz CT molecular complexity index is 1460. The molecule has 37 heavy (non-hydrogen) atoms. The van der Waals surface area contributed by atoms with Crippen LogP contribution >= 0.6 is 0 Å². The molecule has 2 amide bonds. The highest BCUT2D eigenvalue weighted by molar-refractivity contribution is 7.89. The Morgan fingerprint density at radius 3 is 2.32 bits per heavy atom. The minimum Gasteiger partial charge on any atom is -0.454 e. The van der Waals surface area contributed by atoms with Gasteiger partial charge in [0.1, 0.15) is 11.9 Å². The van der Waals surface area contributed by atoms with E-state index < -0.39 is 33.7 Å². The van der Waals surface area contributed by atoms with Crippen LogP contribution in [0.25, 0.3) is 0 Å². The molecule has 3 aromatic carbocycles. The number of hydrogen-bond donors (Lipinski definition) is 0. The van der Waals surface area contributed by atoms with Crippen molar-refractivity contribution in [2.45, 2.75) is 43.7 Å². The second kappa shape index (κ2) is 9.60. The summed E-state index contributed by atoms with van der Waals surface area (Å²) in [5, 5.41) is 0. The number of fused-ring (bicyclic) bond motifs is 1. The van der Waals surface area contributed by atoms with E-state index >= 15 is 0 Å². The Morgan fingerprint density at radius 1 is 0.973 bits per heavy atom. The van der Waals surface area contributed by atoms with E-state index in [1.54, 1.807) is 30.3 Å². The summed E-state index contributed by atoms with van der Waals surface area (Å²) in [5.41, 5.74) is 1.96. The molecule has 0 radical (unpaired) electrons. The normalized spacial score (nSPS) is 17.3. The first kappa shape index (κ1) is 24.9. The van der Waals surface area contributed by atoms with Crippen molar-refractivity contribution in [1.82, 2.24) is 4.31 Å². The van der Waals surface area contributed by atoms with Crippen LogP contribution in [0, 0.1) is 5.82 Å². The van der Waals surface area contributed by atoms with Gasteiger partial charge in [0.15, 0.2) is 11.5 Å². The molecule has 3 aromatic rings. The number of ether oxygens (including phenoxy) is 2. The number of benzene rings is 3. The minimum absolute atomic E-state index is 0.0521. The van der Waals surface area contributed by atoms with Crippen molar-refractivity contribution < 1.29 is 31.9 Å². The number of carbonyl (C=O) groups is 2. The van der Waals surface area contributed by atoms with Crippen molar-refractivity contribution in [3.8, 4) is 11.5 Å². The summed E-state index contributed by atoms with van der Waals surface area (Å²) in [7, 11) is -4.30. The molecule has 2 heterocycles. The molecule has 192 valence electrons. The minimum atomic E-state index is -4.30. The van der Waals surface area contributed by atoms with Crippen molar-refractivity contribution in [3.63, 3.8) is 0 Å². The molecule has 0 aromatic heterocycles. The zero-order valence-electron chi connectivity index (χ0n) is 20.3. The third-order valence-corrected chi connectivity index (χ3v) is 8.35. The van der Waals surface area contributed by atoms with Crippen LogP contribution in [0.5, 0.6) is 11.5 Å². The van der Waals surface area contributed by atoms with Gasteiger partial charge in [-0.15, -0.1) is 0 Å². The first-order valence-electron chi connectivity index (χ1n) is 11.8.